The zero-order chi connectivity index (χ0) is 22.8. The second kappa shape index (κ2) is 8.97. The maximum atomic E-state index is 14.0. The van der Waals surface area contributed by atoms with Gasteiger partial charge in [-0.1, -0.05) is 47.6 Å². The first-order valence-corrected chi connectivity index (χ1v) is 11.0. The summed E-state index contributed by atoms with van der Waals surface area (Å²) in [5.74, 6) is 0.479. The zero-order valence-corrected chi connectivity index (χ0v) is 18.3. The van der Waals surface area contributed by atoms with Gasteiger partial charge < -0.3 is 9.42 Å². The van der Waals surface area contributed by atoms with Crippen LogP contribution in [0.15, 0.2) is 65.2 Å². The monoisotopic (exact) mass is 445 g/mol. The van der Waals surface area contributed by atoms with Crippen LogP contribution in [0.4, 0.5) is 4.39 Å². The van der Waals surface area contributed by atoms with E-state index in [1.165, 1.54) is 6.07 Å². The molecule has 1 aliphatic rings. The number of halogens is 1. The lowest BCUT2D eigenvalue weighted by molar-refractivity contribution is 0.0657. The average Bonchev–Trinajstić information content (AvgIpc) is 3.46. The van der Waals surface area contributed by atoms with Crippen LogP contribution in [-0.2, 0) is 13.5 Å². The van der Waals surface area contributed by atoms with Crippen LogP contribution in [0.5, 0.6) is 0 Å². The Kier molecular flexibility index (Phi) is 5.73. The summed E-state index contributed by atoms with van der Waals surface area (Å²) < 4.78 is 21.0. The number of carbonyl (C=O) groups excluding carboxylic acids is 1. The number of aryl methyl sites for hydroxylation is 1. The number of amides is 1. The molecule has 4 aromatic rings. The number of benzene rings is 2. The number of nitrogens with zero attached hydrogens (tertiary/aromatic N) is 5. The van der Waals surface area contributed by atoms with Gasteiger partial charge in [-0.05, 0) is 37.0 Å². The molecule has 33 heavy (non-hydrogen) atoms. The van der Waals surface area contributed by atoms with Crippen molar-refractivity contribution in [2.75, 3.05) is 13.1 Å². The lowest BCUT2D eigenvalue weighted by Crippen LogP contribution is -2.41. The van der Waals surface area contributed by atoms with Crippen LogP contribution in [0.3, 0.4) is 0 Å². The molecule has 0 radical (unpaired) electrons. The van der Waals surface area contributed by atoms with Gasteiger partial charge in [0.15, 0.2) is 0 Å². The van der Waals surface area contributed by atoms with Crippen LogP contribution < -0.4 is 0 Å². The van der Waals surface area contributed by atoms with Crippen LogP contribution >= 0.6 is 0 Å². The first-order valence-electron chi connectivity index (χ1n) is 11.0. The van der Waals surface area contributed by atoms with E-state index in [0.717, 1.165) is 24.1 Å². The highest BCUT2D eigenvalue weighted by atomic mass is 19.1. The van der Waals surface area contributed by atoms with Gasteiger partial charge >= 0.3 is 0 Å². The van der Waals surface area contributed by atoms with Crippen molar-refractivity contribution in [1.82, 2.24) is 24.8 Å². The molecule has 0 aliphatic carbocycles. The van der Waals surface area contributed by atoms with Gasteiger partial charge in [-0.2, -0.15) is 10.1 Å². The fraction of sp³-hybridized carbons (Fsp3) is 0.280. The third kappa shape index (κ3) is 4.41. The molecule has 8 heteroatoms. The summed E-state index contributed by atoms with van der Waals surface area (Å²) in [4.78, 5) is 19.5. The molecule has 0 unspecified atom stereocenters. The molecule has 3 heterocycles. The van der Waals surface area contributed by atoms with Crippen molar-refractivity contribution in [3.8, 4) is 22.6 Å². The van der Waals surface area contributed by atoms with E-state index in [9.17, 15) is 9.18 Å². The van der Waals surface area contributed by atoms with Gasteiger partial charge in [0.05, 0.1) is 11.3 Å². The molecule has 0 saturated carbocycles. The van der Waals surface area contributed by atoms with Gasteiger partial charge in [-0.25, -0.2) is 4.39 Å². The summed E-state index contributed by atoms with van der Waals surface area (Å²) in [6.45, 7) is 1.30. The fourth-order valence-electron chi connectivity index (χ4n) is 4.33. The highest BCUT2D eigenvalue weighted by Gasteiger charge is 2.28. The smallest absolute Gasteiger partial charge is 0.272 e. The molecule has 2 aromatic carbocycles. The van der Waals surface area contributed by atoms with E-state index >= 15 is 0 Å². The highest BCUT2D eigenvalue weighted by Crippen LogP contribution is 2.25. The summed E-state index contributed by atoms with van der Waals surface area (Å²) in [5.41, 5.74) is 2.64. The first-order chi connectivity index (χ1) is 16.1. The van der Waals surface area contributed by atoms with Crippen LogP contribution in [-0.4, -0.2) is 43.8 Å². The topological polar surface area (TPSA) is 77.1 Å². The Hall–Kier alpha value is -3.81. The second-order valence-corrected chi connectivity index (χ2v) is 8.36. The summed E-state index contributed by atoms with van der Waals surface area (Å²) in [7, 11) is 1.80. The minimum atomic E-state index is -0.384. The molecule has 1 fully saturated rings. The van der Waals surface area contributed by atoms with Crippen LogP contribution in [0.2, 0.25) is 0 Å². The molecule has 1 aliphatic heterocycles. The molecule has 1 atom stereocenters. The lowest BCUT2D eigenvalue weighted by atomic mass is 9.94. The Bertz CT molecular complexity index is 1270. The standard InChI is InChI=1S/C25H24FN5O2/c1-30-22(15-21(28-30)18-9-3-2-4-10-18)25(32)31-13-7-8-17(16-31)14-23-27-24(29-33-23)19-11-5-6-12-20(19)26/h2-6,9-12,15,17H,7-8,13-14,16H2,1H3/t17-/m1/s1. The Morgan fingerprint density at radius 3 is 2.76 bits per heavy atom. The second-order valence-electron chi connectivity index (χ2n) is 8.36. The van der Waals surface area contributed by atoms with E-state index in [2.05, 4.69) is 15.2 Å². The summed E-state index contributed by atoms with van der Waals surface area (Å²) in [6.07, 6.45) is 2.40. The van der Waals surface area contributed by atoms with Gasteiger partial charge in [-0.15, -0.1) is 0 Å². The van der Waals surface area contributed by atoms with Gasteiger partial charge in [0, 0.05) is 32.1 Å². The van der Waals surface area contributed by atoms with Crippen molar-refractivity contribution >= 4 is 5.91 Å². The molecule has 0 N–H and O–H groups in total. The molecule has 7 nitrogen and oxygen atoms in total. The maximum Gasteiger partial charge on any atom is 0.272 e. The van der Waals surface area contributed by atoms with Crippen LogP contribution in [0.25, 0.3) is 22.6 Å². The van der Waals surface area contributed by atoms with Crippen molar-refractivity contribution in [2.24, 2.45) is 13.0 Å². The predicted octanol–water partition coefficient (Wildman–Crippen LogP) is 4.37. The molecular weight excluding hydrogens is 421 g/mol. The molecule has 1 amide bonds. The number of rotatable bonds is 5. The van der Waals surface area contributed by atoms with E-state index in [-0.39, 0.29) is 23.5 Å². The molecule has 2 aromatic heterocycles. The number of likely N-dealkylation sites (tertiary alicyclic amines) is 1. The van der Waals surface area contributed by atoms with Gasteiger partial charge in [-0.3, -0.25) is 9.48 Å². The van der Waals surface area contributed by atoms with Crippen molar-refractivity contribution in [2.45, 2.75) is 19.3 Å². The third-order valence-electron chi connectivity index (χ3n) is 6.02. The lowest BCUT2D eigenvalue weighted by Gasteiger charge is -2.32. The number of piperidine rings is 1. The van der Waals surface area contributed by atoms with Crippen molar-refractivity contribution in [3.63, 3.8) is 0 Å². The molecule has 1 saturated heterocycles. The number of aromatic nitrogens is 4. The fourth-order valence-corrected chi connectivity index (χ4v) is 4.33. The predicted molar refractivity (Wildman–Crippen MR) is 121 cm³/mol. The molecular formula is C25H24FN5O2. The number of hydrogen-bond acceptors (Lipinski definition) is 5. The quantitative estimate of drug-likeness (QED) is 0.456. The highest BCUT2D eigenvalue weighted by molar-refractivity contribution is 5.93. The number of hydrogen-bond donors (Lipinski definition) is 0. The zero-order valence-electron chi connectivity index (χ0n) is 18.3. The van der Waals surface area contributed by atoms with Crippen molar-refractivity contribution in [1.29, 1.82) is 0 Å². The largest absolute Gasteiger partial charge is 0.339 e. The van der Waals surface area contributed by atoms with Gasteiger partial charge in [0.2, 0.25) is 11.7 Å². The van der Waals surface area contributed by atoms with Gasteiger partial charge in [0.1, 0.15) is 11.5 Å². The third-order valence-corrected chi connectivity index (χ3v) is 6.02. The maximum absolute atomic E-state index is 14.0. The van der Waals surface area contributed by atoms with E-state index < -0.39 is 0 Å². The minimum absolute atomic E-state index is 0.0329. The SMILES string of the molecule is Cn1nc(-c2ccccc2)cc1C(=O)N1CCC[C@H](Cc2nc(-c3ccccc3F)no2)C1. The molecule has 168 valence electrons. The van der Waals surface area contributed by atoms with E-state index in [1.54, 1.807) is 29.9 Å². The Morgan fingerprint density at radius 2 is 1.94 bits per heavy atom. The first kappa shape index (κ1) is 21.1. The normalized spacial score (nSPS) is 16.2. The Morgan fingerprint density at radius 1 is 1.15 bits per heavy atom. The van der Waals surface area contributed by atoms with E-state index in [1.807, 2.05) is 41.3 Å². The summed E-state index contributed by atoms with van der Waals surface area (Å²) in [6, 6.07) is 18.0. The summed E-state index contributed by atoms with van der Waals surface area (Å²) in [5, 5.41) is 8.47. The van der Waals surface area contributed by atoms with E-state index in [0.29, 0.717) is 36.7 Å². The van der Waals surface area contributed by atoms with Crippen molar-refractivity contribution < 1.29 is 13.7 Å². The summed E-state index contributed by atoms with van der Waals surface area (Å²) >= 11 is 0. The Labute approximate surface area is 190 Å². The van der Waals surface area contributed by atoms with Crippen LogP contribution in [0, 0.1) is 11.7 Å². The molecule has 0 spiro atoms. The van der Waals surface area contributed by atoms with Crippen molar-refractivity contribution in [3.05, 3.63) is 78.1 Å². The number of carbonyl (C=O) groups is 1. The minimum Gasteiger partial charge on any atom is -0.339 e. The average molecular weight is 445 g/mol. The Balaban J connectivity index is 1.27. The van der Waals surface area contributed by atoms with E-state index in [4.69, 9.17) is 4.52 Å². The van der Waals surface area contributed by atoms with Gasteiger partial charge in [0.25, 0.3) is 5.91 Å². The molecule has 5 rings (SSSR count). The van der Waals surface area contributed by atoms with Crippen LogP contribution in [0.1, 0.15) is 29.2 Å². The molecule has 0 bridgehead atoms.